The molecule has 7 aliphatic rings. The van der Waals surface area contributed by atoms with Crippen molar-refractivity contribution < 1.29 is 47.7 Å². The first-order valence-corrected chi connectivity index (χ1v) is 14.5. The van der Waals surface area contributed by atoms with Crippen LogP contribution in [0.1, 0.15) is 20.7 Å². The Morgan fingerprint density at radius 1 is 0.591 bits per heavy atom. The van der Waals surface area contributed by atoms with E-state index in [4.69, 9.17) is 18.9 Å². The number of amides is 4. The lowest BCUT2D eigenvalue weighted by Gasteiger charge is -2.44. The highest BCUT2D eigenvalue weighted by atomic mass is 16.6. The summed E-state index contributed by atoms with van der Waals surface area (Å²) in [6.45, 7) is 1.44. The van der Waals surface area contributed by atoms with Gasteiger partial charge >= 0.3 is 11.9 Å². The molecule has 12 heteroatoms. The molecule has 2 aromatic rings. The molecule has 0 spiro atoms. The van der Waals surface area contributed by atoms with Gasteiger partial charge in [-0.3, -0.25) is 29.0 Å². The van der Waals surface area contributed by atoms with Crippen LogP contribution < -0.4 is 9.80 Å². The largest absolute Gasteiger partial charge is 0.459 e. The van der Waals surface area contributed by atoms with E-state index in [1.165, 1.54) is 48.5 Å². The van der Waals surface area contributed by atoms with Crippen LogP contribution in [0.25, 0.3) is 0 Å². The normalized spacial score (nSPS) is 32.5. The third-order valence-corrected chi connectivity index (χ3v) is 9.34. The summed E-state index contributed by atoms with van der Waals surface area (Å²) in [6, 6.07) is 12.0. The zero-order valence-electron chi connectivity index (χ0n) is 23.2. The average molecular weight is 599 g/mol. The predicted octanol–water partition coefficient (Wildman–Crippen LogP) is 1.52. The van der Waals surface area contributed by atoms with Crippen molar-refractivity contribution in [2.75, 3.05) is 36.2 Å². The van der Waals surface area contributed by atoms with Gasteiger partial charge in [-0.1, -0.05) is 12.2 Å². The number of carbonyl (C=O) groups is 6. The van der Waals surface area contributed by atoms with Crippen LogP contribution in [-0.4, -0.2) is 74.2 Å². The molecule has 4 heterocycles. The molecule has 0 radical (unpaired) electrons. The van der Waals surface area contributed by atoms with Crippen LogP contribution in [-0.2, 0) is 38.1 Å². The number of ether oxygens (including phenoxy) is 4. The minimum atomic E-state index is -0.786. The minimum absolute atomic E-state index is 0.0698. The lowest BCUT2D eigenvalue weighted by Crippen LogP contribution is -2.50. The highest BCUT2D eigenvalue weighted by Crippen LogP contribution is 2.58. The molecule has 4 saturated heterocycles. The maximum absolute atomic E-state index is 13.8. The van der Waals surface area contributed by atoms with E-state index in [0.717, 1.165) is 9.80 Å². The molecular formula is C32H26N2O10. The first-order chi connectivity index (χ1) is 21.3. The summed E-state index contributed by atoms with van der Waals surface area (Å²) in [5.74, 6) is -7.20. The van der Waals surface area contributed by atoms with Gasteiger partial charge in [0, 0.05) is 11.8 Å². The minimum Gasteiger partial charge on any atom is -0.459 e. The molecule has 5 fully saturated rings. The molecule has 4 amide bonds. The predicted molar refractivity (Wildman–Crippen MR) is 148 cm³/mol. The molecule has 44 heavy (non-hydrogen) atoms. The molecular weight excluding hydrogens is 572 g/mol. The van der Waals surface area contributed by atoms with Gasteiger partial charge in [0.1, 0.15) is 25.4 Å². The molecule has 224 valence electrons. The number of allylic oxidation sites excluding steroid dienone is 2. The monoisotopic (exact) mass is 598 g/mol. The molecule has 0 aromatic heterocycles. The van der Waals surface area contributed by atoms with Gasteiger partial charge in [0.25, 0.3) is 0 Å². The van der Waals surface area contributed by atoms with E-state index in [2.05, 4.69) is 0 Å². The molecule has 6 atom stereocenters. The molecule has 3 aliphatic carbocycles. The van der Waals surface area contributed by atoms with Crippen molar-refractivity contribution in [3.05, 3.63) is 71.8 Å². The quantitative estimate of drug-likeness (QED) is 0.189. The smallest absolute Gasteiger partial charge is 0.338 e. The fourth-order valence-corrected chi connectivity index (χ4v) is 7.06. The van der Waals surface area contributed by atoms with Crippen molar-refractivity contribution in [2.45, 2.75) is 12.2 Å². The van der Waals surface area contributed by atoms with Crippen LogP contribution in [0.5, 0.6) is 0 Å². The fraction of sp³-hybridized carbons (Fsp3) is 0.375. The zero-order chi connectivity index (χ0) is 30.3. The van der Waals surface area contributed by atoms with Crippen LogP contribution in [0.15, 0.2) is 60.7 Å². The van der Waals surface area contributed by atoms with Crippen LogP contribution in [0.4, 0.5) is 11.4 Å². The van der Waals surface area contributed by atoms with Gasteiger partial charge in [-0.15, -0.1) is 0 Å². The van der Waals surface area contributed by atoms with Crippen LogP contribution in [0, 0.1) is 35.5 Å². The highest BCUT2D eigenvalue weighted by molar-refractivity contribution is 6.26. The number of nitrogens with zero attached hydrogens (tertiary/aromatic N) is 2. The van der Waals surface area contributed by atoms with E-state index in [1.54, 1.807) is 12.2 Å². The maximum atomic E-state index is 13.8. The maximum Gasteiger partial charge on any atom is 0.338 e. The Bertz CT molecular complexity index is 1480. The number of hydrogen-bond acceptors (Lipinski definition) is 10. The Balaban J connectivity index is 1.01. The molecule has 12 nitrogen and oxygen atoms in total. The first-order valence-electron chi connectivity index (χ1n) is 14.5. The second-order valence-corrected chi connectivity index (χ2v) is 11.9. The summed E-state index contributed by atoms with van der Waals surface area (Å²) in [4.78, 5) is 81.9. The van der Waals surface area contributed by atoms with Crippen LogP contribution in [0.2, 0.25) is 0 Å². The standard InChI is InChI=1S/C32H26N2O10/c35-27-23-21-9-10-22(24(23)28(36)33(27)17-5-1-15(2-6-17)31(39)43-13-19-11-41-19)26-25(21)29(37)34(30(26)38)18-7-3-16(4-8-18)32(40)44-14-20-12-42-20/h1-10,19-26H,11-14H2. The van der Waals surface area contributed by atoms with Crippen molar-refractivity contribution in [1.82, 2.24) is 0 Å². The molecule has 2 bridgehead atoms. The van der Waals surface area contributed by atoms with E-state index in [-0.39, 0.29) is 36.5 Å². The number of hydrogen-bond donors (Lipinski definition) is 0. The van der Waals surface area contributed by atoms with Gasteiger partial charge < -0.3 is 18.9 Å². The Labute approximate surface area is 250 Å². The van der Waals surface area contributed by atoms with Gasteiger partial charge in [-0.2, -0.15) is 0 Å². The second-order valence-electron chi connectivity index (χ2n) is 11.9. The number of epoxide rings is 2. The second kappa shape index (κ2) is 9.93. The Kier molecular flexibility index (Phi) is 6.07. The lowest BCUT2D eigenvalue weighted by molar-refractivity contribution is -0.137. The summed E-state index contributed by atoms with van der Waals surface area (Å²) in [5.41, 5.74) is 1.17. The Morgan fingerprint density at radius 2 is 0.909 bits per heavy atom. The summed E-state index contributed by atoms with van der Waals surface area (Å²) in [6.07, 6.45) is 3.45. The number of esters is 2. The van der Waals surface area contributed by atoms with Crippen molar-refractivity contribution in [3.63, 3.8) is 0 Å². The molecule has 9 rings (SSSR count). The van der Waals surface area contributed by atoms with Crippen LogP contribution in [0.3, 0.4) is 0 Å². The number of carbonyl (C=O) groups excluding carboxylic acids is 6. The molecule has 6 unspecified atom stereocenters. The van der Waals surface area contributed by atoms with Gasteiger partial charge in [0.2, 0.25) is 23.6 Å². The van der Waals surface area contributed by atoms with Crippen molar-refractivity contribution in [3.8, 4) is 0 Å². The highest BCUT2D eigenvalue weighted by Gasteiger charge is 2.68. The third-order valence-electron chi connectivity index (χ3n) is 9.34. The number of benzene rings is 2. The molecule has 4 aliphatic heterocycles. The van der Waals surface area contributed by atoms with Crippen molar-refractivity contribution >= 4 is 46.9 Å². The first kappa shape index (κ1) is 26.9. The van der Waals surface area contributed by atoms with E-state index in [9.17, 15) is 28.8 Å². The Morgan fingerprint density at radius 3 is 1.20 bits per heavy atom. The van der Waals surface area contributed by atoms with E-state index < -0.39 is 71.1 Å². The van der Waals surface area contributed by atoms with Crippen molar-refractivity contribution in [1.29, 1.82) is 0 Å². The topological polar surface area (TPSA) is 152 Å². The lowest BCUT2D eigenvalue weighted by atomic mass is 9.54. The zero-order valence-corrected chi connectivity index (χ0v) is 23.2. The average Bonchev–Trinajstić information content (AvgIpc) is 3.98. The number of rotatable bonds is 8. The van der Waals surface area contributed by atoms with Gasteiger partial charge in [-0.25, -0.2) is 9.59 Å². The fourth-order valence-electron chi connectivity index (χ4n) is 7.06. The van der Waals surface area contributed by atoms with Crippen molar-refractivity contribution in [2.24, 2.45) is 35.5 Å². The summed E-state index contributed by atoms with van der Waals surface area (Å²) in [7, 11) is 0. The Hall–Kier alpha value is -4.68. The van der Waals surface area contributed by atoms with E-state index in [0.29, 0.717) is 24.6 Å². The molecule has 2 aromatic carbocycles. The van der Waals surface area contributed by atoms with Gasteiger partial charge in [-0.05, 0) is 48.5 Å². The van der Waals surface area contributed by atoms with Gasteiger partial charge in [0.15, 0.2) is 0 Å². The number of imide groups is 2. The van der Waals surface area contributed by atoms with E-state index >= 15 is 0 Å². The number of anilines is 2. The summed E-state index contributed by atoms with van der Waals surface area (Å²) in [5, 5.41) is 0. The summed E-state index contributed by atoms with van der Waals surface area (Å²) >= 11 is 0. The third kappa shape index (κ3) is 4.20. The van der Waals surface area contributed by atoms with E-state index in [1.807, 2.05) is 0 Å². The van der Waals surface area contributed by atoms with Crippen LogP contribution >= 0.6 is 0 Å². The molecule has 1 saturated carbocycles. The summed E-state index contributed by atoms with van der Waals surface area (Å²) < 4.78 is 20.5. The molecule has 0 N–H and O–H groups in total. The SMILES string of the molecule is O=C(OCC1CO1)c1ccc(N2C(=O)C3C4C=CC(C3C2=O)C2C(=O)N(c3ccc(C(=O)OCC5CO5)cc3)C(=O)C42)cc1. The van der Waals surface area contributed by atoms with Gasteiger partial charge in [0.05, 0.1) is 59.4 Å².